The Bertz CT molecular complexity index is 1890. The molecule has 0 atom stereocenters. The Hall–Kier alpha value is -6.13. The first-order chi connectivity index (χ1) is 24.8. The minimum atomic E-state index is -0.687. The average Bonchev–Trinajstić information content (AvgIpc) is 3.71. The number of rotatable bonds is 14. The number of nitriles is 2. The minimum Gasteiger partial charge on any atom is -0.473 e. The van der Waals surface area contributed by atoms with Crippen molar-refractivity contribution in [3.05, 3.63) is 82.9 Å². The summed E-state index contributed by atoms with van der Waals surface area (Å²) in [5.41, 5.74) is 3.78. The molecular weight excluding hydrogens is 662 g/mol. The number of aromatic nitrogens is 2. The number of pyridine rings is 2. The topological polar surface area (TPSA) is 191 Å². The third kappa shape index (κ3) is 8.73. The van der Waals surface area contributed by atoms with Gasteiger partial charge in [-0.2, -0.15) is 20.5 Å². The predicted molar refractivity (Wildman–Crippen MR) is 177 cm³/mol. The molecule has 2 aliphatic rings. The molecule has 0 aliphatic carbocycles. The maximum Gasteiger partial charge on any atom is 0.481 e. The number of benzene rings is 2. The van der Waals surface area contributed by atoms with Crippen LogP contribution >= 0.6 is 0 Å². The summed E-state index contributed by atoms with van der Waals surface area (Å²) in [5, 5.41) is 18.8. The molecule has 0 radical (unpaired) electrons. The number of esters is 2. The summed E-state index contributed by atoms with van der Waals surface area (Å²) in [4.78, 5) is 30.5. The van der Waals surface area contributed by atoms with Crippen LogP contribution in [0.15, 0.2) is 60.7 Å². The van der Waals surface area contributed by atoms with E-state index in [1.54, 1.807) is 24.3 Å². The van der Waals surface area contributed by atoms with Gasteiger partial charge in [0.2, 0.25) is 23.5 Å². The van der Waals surface area contributed by atoms with E-state index in [4.69, 9.17) is 42.3 Å². The lowest BCUT2D eigenvalue weighted by Crippen LogP contribution is -2.43. The molecule has 6 rings (SSSR count). The smallest absolute Gasteiger partial charge is 0.473 e. The van der Waals surface area contributed by atoms with Crippen molar-refractivity contribution < 1.29 is 51.9 Å². The molecule has 0 saturated heterocycles. The van der Waals surface area contributed by atoms with Crippen LogP contribution in [0.3, 0.4) is 0 Å². The lowest BCUT2D eigenvalue weighted by Gasteiger charge is -2.13. The Morgan fingerprint density at radius 2 is 1.14 bits per heavy atom. The van der Waals surface area contributed by atoms with Crippen molar-refractivity contribution in [1.29, 1.82) is 10.5 Å². The van der Waals surface area contributed by atoms with Gasteiger partial charge in [0.25, 0.3) is 0 Å². The van der Waals surface area contributed by atoms with Crippen molar-refractivity contribution in [1.82, 2.24) is 9.97 Å². The first-order valence-corrected chi connectivity index (χ1v) is 15.6. The van der Waals surface area contributed by atoms with Crippen molar-refractivity contribution in [2.45, 2.75) is 27.1 Å². The van der Waals surface area contributed by atoms with Crippen molar-refractivity contribution in [2.75, 3.05) is 26.4 Å². The van der Waals surface area contributed by atoms with Crippen LogP contribution in [0.25, 0.3) is 0 Å². The van der Waals surface area contributed by atoms with Crippen LogP contribution in [0, 0.1) is 22.7 Å². The quantitative estimate of drug-likeness (QED) is 0.107. The van der Waals surface area contributed by atoms with E-state index >= 15 is 0 Å². The normalized spacial score (nSPS) is 12.6. The molecule has 0 spiro atoms. The summed E-state index contributed by atoms with van der Waals surface area (Å²) in [7, 11) is -1.37. The van der Waals surface area contributed by atoms with E-state index < -0.39 is 26.2 Å². The van der Waals surface area contributed by atoms with Crippen LogP contribution in [0.4, 0.5) is 0 Å². The van der Waals surface area contributed by atoms with Gasteiger partial charge in [0, 0.05) is 26.0 Å². The molecule has 15 nitrogen and oxygen atoms in total. The number of hydrogen-bond acceptors (Lipinski definition) is 15. The van der Waals surface area contributed by atoms with Crippen LogP contribution in [0.5, 0.6) is 35.0 Å². The van der Waals surface area contributed by atoms with Gasteiger partial charge < -0.3 is 42.3 Å². The molecule has 4 aromatic rings. The number of hydrogen-bond donors (Lipinski definition) is 0. The molecule has 4 heterocycles. The molecule has 51 heavy (non-hydrogen) atoms. The number of carbonyl (C=O) groups excluding carboxylic acids is 2. The highest BCUT2D eigenvalue weighted by Crippen LogP contribution is 2.28. The molecule has 0 saturated carbocycles. The Morgan fingerprint density at radius 3 is 1.55 bits per heavy atom. The van der Waals surface area contributed by atoms with E-state index in [0.29, 0.717) is 11.5 Å². The Labute approximate surface area is 292 Å². The number of fused-ring (bicyclic) bond motifs is 2. The highest BCUT2D eigenvalue weighted by Gasteiger charge is 2.40. The van der Waals surface area contributed by atoms with Crippen LogP contribution < -0.4 is 29.9 Å². The van der Waals surface area contributed by atoms with E-state index in [0.717, 1.165) is 22.1 Å². The van der Waals surface area contributed by atoms with Crippen LogP contribution in [-0.2, 0) is 46.2 Å². The zero-order chi connectivity index (χ0) is 35.7. The van der Waals surface area contributed by atoms with Gasteiger partial charge in [0.05, 0.1) is 13.2 Å². The fourth-order valence-corrected chi connectivity index (χ4v) is 5.09. The standard InChI is InChI=1S/C34H28B2N4O11/c1-21(41)43-11-13-45-33-23(17-37)3-9-31(39-33)49-27-5-7-29-25(15-27)19-47-35(29)51-36-30-8-6-28(16-26(30)20-48-36)50-32-10-4-24(18-38)34(40-32)46-14-12-44-22(2)42/h3-10,15-16H,11-14,19-20H2,1-2H3. The Balaban J connectivity index is 1.06. The molecule has 0 unspecified atom stereocenters. The molecule has 0 N–H and O–H groups in total. The SMILES string of the molecule is CC(=O)OCCOc1nc(Oc2ccc3c(c2)COB3OB2OCc3cc(Oc4ccc(C#N)c(OCCOC(C)=O)n4)ccc32)ccc1C#N. The lowest BCUT2D eigenvalue weighted by molar-refractivity contribution is -0.142. The number of carbonyl (C=O) groups is 2. The second kappa shape index (κ2) is 16.1. The van der Waals surface area contributed by atoms with Gasteiger partial charge in [-0.25, -0.2) is 0 Å². The molecule has 17 heteroatoms. The maximum atomic E-state index is 11.0. The highest BCUT2D eigenvalue weighted by molar-refractivity contribution is 6.75. The molecule has 2 aromatic heterocycles. The molecule has 0 bridgehead atoms. The first-order valence-electron chi connectivity index (χ1n) is 15.6. The fraction of sp³-hybridized carbons (Fsp3) is 0.235. The largest absolute Gasteiger partial charge is 0.481 e. The van der Waals surface area contributed by atoms with E-state index in [1.807, 2.05) is 36.4 Å². The zero-order valence-electron chi connectivity index (χ0n) is 27.5. The molecule has 2 aromatic carbocycles. The highest BCUT2D eigenvalue weighted by atomic mass is 16.6. The predicted octanol–water partition coefficient (Wildman–Crippen LogP) is 2.86. The fourth-order valence-electron chi connectivity index (χ4n) is 5.09. The summed E-state index contributed by atoms with van der Waals surface area (Å²) in [6.07, 6.45) is 0. The summed E-state index contributed by atoms with van der Waals surface area (Å²) in [6, 6.07) is 21.0. The monoisotopic (exact) mass is 690 g/mol. The zero-order valence-corrected chi connectivity index (χ0v) is 27.5. The van der Waals surface area contributed by atoms with Gasteiger partial charge in [-0.15, -0.1) is 0 Å². The van der Waals surface area contributed by atoms with E-state index in [9.17, 15) is 20.1 Å². The van der Waals surface area contributed by atoms with Gasteiger partial charge in [-0.3, -0.25) is 9.59 Å². The van der Waals surface area contributed by atoms with Gasteiger partial charge in [0.1, 0.15) is 61.2 Å². The summed E-state index contributed by atoms with van der Waals surface area (Å²) in [5.74, 6) is 0.669. The Morgan fingerprint density at radius 1 is 0.686 bits per heavy atom. The van der Waals surface area contributed by atoms with E-state index in [2.05, 4.69) is 9.97 Å². The summed E-state index contributed by atoms with van der Waals surface area (Å²) < 4.78 is 50.8. The third-order valence-corrected chi connectivity index (χ3v) is 7.37. The average molecular weight is 690 g/mol. The van der Waals surface area contributed by atoms with Crippen LogP contribution in [-0.4, -0.2) is 62.6 Å². The number of nitrogens with zero attached hydrogens (tertiary/aromatic N) is 4. The second-order valence-corrected chi connectivity index (χ2v) is 11.0. The first kappa shape index (κ1) is 34.7. The Kier molecular flexibility index (Phi) is 10.9. The van der Waals surface area contributed by atoms with Crippen molar-refractivity contribution in [2.24, 2.45) is 0 Å². The molecule has 0 amide bonds. The third-order valence-electron chi connectivity index (χ3n) is 7.37. The van der Waals surface area contributed by atoms with Gasteiger partial charge in [-0.05, 0) is 58.5 Å². The van der Waals surface area contributed by atoms with Crippen molar-refractivity contribution in [3.8, 4) is 47.2 Å². The van der Waals surface area contributed by atoms with Crippen molar-refractivity contribution >= 4 is 37.1 Å². The lowest BCUT2D eigenvalue weighted by atomic mass is 9.71. The molecule has 0 fully saturated rings. The maximum absolute atomic E-state index is 11.0. The van der Waals surface area contributed by atoms with Crippen LogP contribution in [0.1, 0.15) is 36.1 Å². The summed E-state index contributed by atoms with van der Waals surface area (Å²) in [6.45, 7) is 3.25. The molecule has 256 valence electrons. The van der Waals surface area contributed by atoms with E-state index in [1.165, 1.54) is 26.0 Å². The number of ether oxygens (including phenoxy) is 6. The molecule has 2 aliphatic heterocycles. The van der Waals surface area contributed by atoms with Crippen molar-refractivity contribution in [3.63, 3.8) is 0 Å². The van der Waals surface area contributed by atoms with Crippen LogP contribution in [0.2, 0.25) is 0 Å². The minimum absolute atomic E-state index is 0.0194. The van der Waals surface area contributed by atoms with Gasteiger partial charge >= 0.3 is 26.2 Å². The summed E-state index contributed by atoms with van der Waals surface area (Å²) >= 11 is 0. The molecular formula is C34H28B2N4O11. The van der Waals surface area contributed by atoms with Gasteiger partial charge in [-0.1, -0.05) is 12.1 Å². The van der Waals surface area contributed by atoms with E-state index in [-0.39, 0.29) is 74.3 Å². The van der Waals surface area contributed by atoms with Gasteiger partial charge in [0.15, 0.2) is 0 Å². The second-order valence-electron chi connectivity index (χ2n) is 11.0.